The number of ether oxygens (including phenoxy) is 1. The van der Waals surface area contributed by atoms with Crippen LogP contribution in [0.2, 0.25) is 0 Å². The fourth-order valence-corrected chi connectivity index (χ4v) is 5.66. The van der Waals surface area contributed by atoms with Crippen LogP contribution in [-0.4, -0.2) is 42.1 Å². The smallest absolute Gasteiger partial charge is 0.223 e. The minimum atomic E-state index is 0.0654. The van der Waals surface area contributed by atoms with Crippen molar-refractivity contribution in [3.05, 3.63) is 46.6 Å². The van der Waals surface area contributed by atoms with Gasteiger partial charge in [0.1, 0.15) is 22.7 Å². The number of carbonyl (C=O) groups is 1. The van der Waals surface area contributed by atoms with E-state index in [2.05, 4.69) is 40.1 Å². The standard InChI is InChI=1S/C24H28N4O2S/c1-15-16(2)31-24-21(15)22(26-14-27-24)28-9-7-18(8-10-28)23(29)25-12-17-11-19-5-3-4-6-20(19)30-13-17/h3-6,14,17-18H,7-13H2,1-2H3,(H,25,29). The van der Waals surface area contributed by atoms with E-state index in [1.165, 1.54) is 21.4 Å². The molecule has 3 aromatic rings. The van der Waals surface area contributed by atoms with Gasteiger partial charge >= 0.3 is 0 Å². The molecule has 5 rings (SSSR count). The molecular formula is C24H28N4O2S. The first kappa shape index (κ1) is 20.2. The van der Waals surface area contributed by atoms with Crippen molar-refractivity contribution in [3.63, 3.8) is 0 Å². The van der Waals surface area contributed by atoms with Crippen LogP contribution in [0.1, 0.15) is 28.8 Å². The molecule has 31 heavy (non-hydrogen) atoms. The molecule has 1 saturated heterocycles. The van der Waals surface area contributed by atoms with Gasteiger partial charge in [-0.25, -0.2) is 9.97 Å². The second-order valence-corrected chi connectivity index (χ2v) is 9.86. The molecule has 0 saturated carbocycles. The van der Waals surface area contributed by atoms with Crippen LogP contribution >= 0.6 is 11.3 Å². The lowest BCUT2D eigenvalue weighted by molar-refractivity contribution is -0.125. The lowest BCUT2D eigenvalue weighted by Gasteiger charge is -2.33. The zero-order valence-electron chi connectivity index (χ0n) is 18.1. The number of carbonyl (C=O) groups excluding carboxylic acids is 1. The minimum Gasteiger partial charge on any atom is -0.493 e. The van der Waals surface area contributed by atoms with E-state index in [-0.39, 0.29) is 11.8 Å². The van der Waals surface area contributed by atoms with E-state index in [9.17, 15) is 4.79 Å². The third-order valence-electron chi connectivity index (χ3n) is 6.63. The number of piperidine rings is 1. The van der Waals surface area contributed by atoms with Crippen molar-refractivity contribution in [2.24, 2.45) is 11.8 Å². The summed E-state index contributed by atoms with van der Waals surface area (Å²) in [5, 5.41) is 4.36. The topological polar surface area (TPSA) is 67.4 Å². The van der Waals surface area contributed by atoms with Crippen molar-refractivity contribution < 1.29 is 9.53 Å². The molecule has 1 unspecified atom stereocenters. The molecule has 2 aliphatic rings. The summed E-state index contributed by atoms with van der Waals surface area (Å²) in [7, 11) is 0. The lowest BCUT2D eigenvalue weighted by atomic mass is 9.94. The van der Waals surface area contributed by atoms with Gasteiger partial charge in [0.2, 0.25) is 5.91 Å². The number of rotatable bonds is 4. The number of aryl methyl sites for hydroxylation is 2. The molecule has 6 nitrogen and oxygen atoms in total. The zero-order chi connectivity index (χ0) is 21.4. The molecule has 0 radical (unpaired) electrons. The quantitative estimate of drug-likeness (QED) is 0.672. The molecule has 1 amide bonds. The monoisotopic (exact) mass is 436 g/mol. The largest absolute Gasteiger partial charge is 0.493 e. The predicted molar refractivity (Wildman–Crippen MR) is 124 cm³/mol. The van der Waals surface area contributed by atoms with Gasteiger partial charge < -0.3 is 15.0 Å². The molecule has 0 aliphatic carbocycles. The van der Waals surface area contributed by atoms with E-state index in [0.29, 0.717) is 19.1 Å². The first-order valence-corrected chi connectivity index (χ1v) is 11.9. The number of amides is 1. The van der Waals surface area contributed by atoms with Gasteiger partial charge in [-0.15, -0.1) is 11.3 Å². The third kappa shape index (κ3) is 3.99. The van der Waals surface area contributed by atoms with Gasteiger partial charge in [-0.1, -0.05) is 18.2 Å². The summed E-state index contributed by atoms with van der Waals surface area (Å²) in [6.45, 7) is 7.32. The number of aromatic nitrogens is 2. The minimum absolute atomic E-state index is 0.0654. The van der Waals surface area contributed by atoms with Crippen molar-refractivity contribution in [1.82, 2.24) is 15.3 Å². The molecule has 2 aromatic heterocycles. The molecule has 1 N–H and O–H groups in total. The lowest BCUT2D eigenvalue weighted by Crippen LogP contribution is -2.43. The van der Waals surface area contributed by atoms with Crippen LogP contribution < -0.4 is 15.0 Å². The number of thiophene rings is 1. The van der Waals surface area contributed by atoms with E-state index >= 15 is 0 Å². The van der Waals surface area contributed by atoms with Crippen molar-refractivity contribution in [3.8, 4) is 5.75 Å². The number of hydrogen-bond acceptors (Lipinski definition) is 6. The van der Waals surface area contributed by atoms with Crippen LogP contribution in [-0.2, 0) is 11.2 Å². The van der Waals surface area contributed by atoms with Gasteiger partial charge in [-0.3, -0.25) is 4.79 Å². The highest BCUT2D eigenvalue weighted by Gasteiger charge is 2.28. The normalized spacial score (nSPS) is 19.2. The molecular weight excluding hydrogens is 408 g/mol. The van der Waals surface area contributed by atoms with E-state index in [1.807, 2.05) is 18.2 Å². The highest BCUT2D eigenvalue weighted by molar-refractivity contribution is 7.18. The highest BCUT2D eigenvalue weighted by atomic mass is 32.1. The molecule has 1 fully saturated rings. The van der Waals surface area contributed by atoms with Gasteiger partial charge in [0.05, 0.1) is 12.0 Å². The van der Waals surface area contributed by atoms with Crippen LogP contribution in [0.25, 0.3) is 10.2 Å². The second kappa shape index (κ2) is 8.46. The van der Waals surface area contributed by atoms with Crippen molar-refractivity contribution >= 4 is 33.3 Å². The second-order valence-electron chi connectivity index (χ2n) is 8.66. The summed E-state index contributed by atoms with van der Waals surface area (Å²) in [6.07, 6.45) is 4.32. The Hall–Kier alpha value is -2.67. The van der Waals surface area contributed by atoms with Crippen molar-refractivity contribution in [1.29, 1.82) is 0 Å². The molecule has 2 aliphatic heterocycles. The van der Waals surface area contributed by atoms with Crippen LogP contribution in [0.5, 0.6) is 5.75 Å². The van der Waals surface area contributed by atoms with Gasteiger partial charge in [-0.2, -0.15) is 0 Å². The summed E-state index contributed by atoms with van der Waals surface area (Å²) < 4.78 is 5.85. The molecule has 4 heterocycles. The zero-order valence-corrected chi connectivity index (χ0v) is 18.9. The maximum absolute atomic E-state index is 12.8. The Bertz CT molecular complexity index is 1100. The van der Waals surface area contributed by atoms with Crippen LogP contribution in [0.3, 0.4) is 0 Å². The fourth-order valence-electron chi connectivity index (χ4n) is 4.67. The Balaban J connectivity index is 1.16. The van der Waals surface area contributed by atoms with E-state index < -0.39 is 0 Å². The highest BCUT2D eigenvalue weighted by Crippen LogP contribution is 2.35. The Morgan fingerprint density at radius 1 is 1.23 bits per heavy atom. The average Bonchev–Trinajstić information content (AvgIpc) is 3.11. The molecule has 0 spiro atoms. The fraction of sp³-hybridized carbons (Fsp3) is 0.458. The predicted octanol–water partition coefficient (Wildman–Crippen LogP) is 3.89. The summed E-state index contributed by atoms with van der Waals surface area (Å²) in [4.78, 5) is 26.5. The molecule has 1 aromatic carbocycles. The van der Waals surface area contributed by atoms with E-state index in [1.54, 1.807) is 17.7 Å². The summed E-state index contributed by atoms with van der Waals surface area (Å²) in [6, 6.07) is 8.17. The SMILES string of the molecule is Cc1sc2ncnc(N3CCC(C(=O)NCC4COc5ccccc5C4)CC3)c2c1C. The van der Waals surface area contributed by atoms with Gasteiger partial charge in [0, 0.05) is 36.3 Å². The number of benzene rings is 1. The number of fused-ring (bicyclic) bond motifs is 2. The maximum atomic E-state index is 12.8. The molecule has 7 heteroatoms. The van der Waals surface area contributed by atoms with Crippen molar-refractivity contribution in [2.75, 3.05) is 31.1 Å². The van der Waals surface area contributed by atoms with Gasteiger partial charge in [0.25, 0.3) is 0 Å². The summed E-state index contributed by atoms with van der Waals surface area (Å²) in [5.74, 6) is 2.57. The summed E-state index contributed by atoms with van der Waals surface area (Å²) in [5.41, 5.74) is 2.50. The number of anilines is 1. The number of nitrogens with zero attached hydrogens (tertiary/aromatic N) is 3. The van der Waals surface area contributed by atoms with Gasteiger partial charge in [-0.05, 0) is 50.3 Å². The van der Waals surface area contributed by atoms with Crippen LogP contribution in [0, 0.1) is 25.7 Å². The molecule has 1 atom stereocenters. The Labute approximate surface area is 186 Å². The van der Waals surface area contributed by atoms with Crippen molar-refractivity contribution in [2.45, 2.75) is 33.1 Å². The molecule has 162 valence electrons. The summed E-state index contributed by atoms with van der Waals surface area (Å²) >= 11 is 1.73. The Kier molecular flexibility index (Phi) is 5.52. The van der Waals surface area contributed by atoms with E-state index in [4.69, 9.17) is 4.74 Å². The average molecular weight is 437 g/mol. The number of nitrogens with one attached hydrogen (secondary N) is 1. The Morgan fingerprint density at radius 3 is 2.87 bits per heavy atom. The van der Waals surface area contributed by atoms with Crippen LogP contribution in [0.15, 0.2) is 30.6 Å². The maximum Gasteiger partial charge on any atom is 0.223 e. The third-order valence-corrected chi connectivity index (χ3v) is 7.75. The first-order valence-electron chi connectivity index (χ1n) is 11.0. The van der Waals surface area contributed by atoms with E-state index in [0.717, 1.165) is 48.7 Å². The molecule has 0 bridgehead atoms. The Morgan fingerprint density at radius 2 is 2.03 bits per heavy atom. The number of hydrogen-bond donors (Lipinski definition) is 1. The van der Waals surface area contributed by atoms with Gasteiger partial charge in [0.15, 0.2) is 0 Å². The first-order chi connectivity index (χ1) is 15.1. The number of para-hydroxylation sites is 1. The van der Waals surface area contributed by atoms with Crippen LogP contribution in [0.4, 0.5) is 5.82 Å².